The number of hydrogen-bond donors (Lipinski definition) is 0. The summed E-state index contributed by atoms with van der Waals surface area (Å²) >= 11 is 1.42. The van der Waals surface area contributed by atoms with Crippen LogP contribution in [0.1, 0.15) is 29.4 Å². The average Bonchev–Trinajstić information content (AvgIpc) is 3.42. The molecule has 3 aromatic carbocycles. The maximum absolute atomic E-state index is 13.2. The first kappa shape index (κ1) is 23.2. The molecule has 1 atom stereocenters. The van der Waals surface area contributed by atoms with Crippen molar-refractivity contribution in [1.29, 1.82) is 0 Å². The minimum absolute atomic E-state index is 0.0826. The summed E-state index contributed by atoms with van der Waals surface area (Å²) in [5.74, 6) is 1.89. The highest BCUT2D eigenvalue weighted by Crippen LogP contribution is 2.33. The number of aromatic nitrogens is 3. The molecular weight excluding hydrogens is 456 g/mol. The molecule has 0 fully saturated rings. The number of carbonyl (C=O) groups is 1. The van der Waals surface area contributed by atoms with E-state index >= 15 is 0 Å². The van der Waals surface area contributed by atoms with E-state index in [1.54, 1.807) is 0 Å². The van der Waals surface area contributed by atoms with Gasteiger partial charge >= 0.3 is 0 Å². The minimum Gasteiger partial charge on any atom is -0.486 e. The van der Waals surface area contributed by atoms with Crippen LogP contribution in [0.15, 0.2) is 84.0 Å². The van der Waals surface area contributed by atoms with Crippen LogP contribution in [0.4, 0.5) is 5.69 Å². The quantitative estimate of drug-likeness (QED) is 0.318. The molecular formula is C28H28N4O2S. The second-order valence-electron chi connectivity index (χ2n) is 8.81. The average molecular weight is 485 g/mol. The summed E-state index contributed by atoms with van der Waals surface area (Å²) in [4.78, 5) is 15.1. The summed E-state index contributed by atoms with van der Waals surface area (Å²) in [7, 11) is 0. The fourth-order valence-electron chi connectivity index (χ4n) is 4.38. The standard InChI is InChI=1S/C28H28N4O2S/c1-20-12-14-24(15-13-20)34-18-26-29-30-28(31(26)17-22-8-4-3-5-9-22)35-19-27(33)32-21(2)16-23-10-6-7-11-25(23)32/h3-15,21H,16-19H2,1-2H3. The third kappa shape index (κ3) is 5.25. The Hall–Kier alpha value is -3.58. The number of thioether (sulfide) groups is 1. The zero-order valence-electron chi connectivity index (χ0n) is 19.9. The Bertz CT molecular complexity index is 1300. The molecule has 35 heavy (non-hydrogen) atoms. The predicted octanol–water partition coefficient (Wildman–Crippen LogP) is 5.28. The van der Waals surface area contributed by atoms with Crippen molar-refractivity contribution in [3.8, 4) is 5.75 Å². The van der Waals surface area contributed by atoms with E-state index in [0.717, 1.165) is 29.2 Å². The molecule has 4 aromatic rings. The van der Waals surface area contributed by atoms with E-state index in [1.165, 1.54) is 22.9 Å². The molecule has 0 saturated carbocycles. The zero-order chi connectivity index (χ0) is 24.2. The summed E-state index contributed by atoms with van der Waals surface area (Å²) in [6, 6.07) is 26.4. The lowest BCUT2D eigenvalue weighted by Crippen LogP contribution is -2.37. The van der Waals surface area contributed by atoms with Gasteiger partial charge in [-0.05, 0) is 49.6 Å². The first-order valence-corrected chi connectivity index (χ1v) is 12.8. The number of amides is 1. The van der Waals surface area contributed by atoms with E-state index in [0.29, 0.717) is 24.1 Å². The van der Waals surface area contributed by atoms with E-state index in [-0.39, 0.29) is 11.9 Å². The fraction of sp³-hybridized carbons (Fsp3) is 0.250. The van der Waals surface area contributed by atoms with Gasteiger partial charge in [0.15, 0.2) is 11.0 Å². The maximum Gasteiger partial charge on any atom is 0.237 e. The van der Waals surface area contributed by atoms with Gasteiger partial charge in [0.05, 0.1) is 12.3 Å². The second kappa shape index (κ2) is 10.4. The van der Waals surface area contributed by atoms with Crippen LogP contribution in [0.3, 0.4) is 0 Å². The lowest BCUT2D eigenvalue weighted by molar-refractivity contribution is -0.116. The van der Waals surface area contributed by atoms with Crippen molar-refractivity contribution in [1.82, 2.24) is 14.8 Å². The predicted molar refractivity (Wildman–Crippen MR) is 139 cm³/mol. The molecule has 6 nitrogen and oxygen atoms in total. The van der Waals surface area contributed by atoms with Crippen molar-refractivity contribution in [3.05, 3.63) is 101 Å². The van der Waals surface area contributed by atoms with Crippen LogP contribution in [-0.4, -0.2) is 32.5 Å². The van der Waals surface area contributed by atoms with Gasteiger partial charge in [0.2, 0.25) is 5.91 Å². The van der Waals surface area contributed by atoms with E-state index in [9.17, 15) is 4.79 Å². The number of anilines is 1. The van der Waals surface area contributed by atoms with Crippen LogP contribution in [0, 0.1) is 6.92 Å². The summed E-state index contributed by atoms with van der Waals surface area (Å²) < 4.78 is 8.04. The molecule has 1 aliphatic rings. The number of carbonyl (C=O) groups excluding carboxylic acids is 1. The van der Waals surface area contributed by atoms with E-state index < -0.39 is 0 Å². The molecule has 0 N–H and O–H groups in total. The van der Waals surface area contributed by atoms with Gasteiger partial charge in [-0.2, -0.15) is 0 Å². The van der Waals surface area contributed by atoms with Gasteiger partial charge in [0.25, 0.3) is 0 Å². The van der Waals surface area contributed by atoms with Crippen molar-refractivity contribution in [2.45, 2.75) is 44.6 Å². The Morgan fingerprint density at radius 1 is 1.00 bits per heavy atom. The molecule has 2 heterocycles. The van der Waals surface area contributed by atoms with E-state index in [4.69, 9.17) is 4.74 Å². The molecule has 5 rings (SSSR count). The smallest absolute Gasteiger partial charge is 0.237 e. The van der Waals surface area contributed by atoms with Crippen molar-refractivity contribution in [2.24, 2.45) is 0 Å². The topological polar surface area (TPSA) is 60.3 Å². The summed E-state index contributed by atoms with van der Waals surface area (Å²) in [5, 5.41) is 9.55. The highest BCUT2D eigenvalue weighted by atomic mass is 32.2. The first-order valence-electron chi connectivity index (χ1n) is 11.8. The molecule has 0 aliphatic carbocycles. The normalized spacial score (nSPS) is 14.7. The van der Waals surface area contributed by atoms with Crippen LogP contribution >= 0.6 is 11.8 Å². The maximum atomic E-state index is 13.2. The number of benzene rings is 3. The van der Waals surface area contributed by atoms with Gasteiger partial charge in [0.1, 0.15) is 12.4 Å². The van der Waals surface area contributed by atoms with Gasteiger partial charge in [0, 0.05) is 11.7 Å². The van der Waals surface area contributed by atoms with Crippen LogP contribution in [0.25, 0.3) is 0 Å². The third-order valence-corrected chi connectivity index (χ3v) is 7.12. The van der Waals surface area contributed by atoms with Crippen molar-refractivity contribution >= 4 is 23.4 Å². The van der Waals surface area contributed by atoms with Gasteiger partial charge in [-0.3, -0.25) is 9.36 Å². The molecule has 178 valence electrons. The lowest BCUT2D eigenvalue weighted by atomic mass is 10.1. The molecule has 1 unspecified atom stereocenters. The molecule has 0 saturated heterocycles. The van der Waals surface area contributed by atoms with E-state index in [2.05, 4.69) is 35.3 Å². The van der Waals surface area contributed by atoms with Crippen LogP contribution < -0.4 is 9.64 Å². The number of aryl methyl sites for hydroxylation is 1. The van der Waals surface area contributed by atoms with Gasteiger partial charge in [-0.25, -0.2) is 0 Å². The SMILES string of the molecule is Cc1ccc(OCc2nnc(SCC(=O)N3c4ccccc4CC3C)n2Cc2ccccc2)cc1. The molecule has 0 bridgehead atoms. The van der Waals surface area contributed by atoms with Crippen molar-refractivity contribution in [2.75, 3.05) is 10.7 Å². The number of ether oxygens (including phenoxy) is 1. The van der Waals surface area contributed by atoms with Crippen LogP contribution in [0.5, 0.6) is 5.75 Å². The number of para-hydroxylation sites is 1. The Labute approximate surface area is 210 Å². The Morgan fingerprint density at radius 3 is 2.54 bits per heavy atom. The minimum atomic E-state index is 0.0826. The number of hydrogen-bond acceptors (Lipinski definition) is 5. The number of nitrogens with zero attached hydrogens (tertiary/aromatic N) is 4. The second-order valence-corrected chi connectivity index (χ2v) is 9.75. The molecule has 1 aromatic heterocycles. The van der Waals surface area contributed by atoms with Gasteiger partial charge in [-0.15, -0.1) is 10.2 Å². The zero-order valence-corrected chi connectivity index (χ0v) is 20.7. The third-order valence-electron chi connectivity index (χ3n) is 6.17. The highest BCUT2D eigenvalue weighted by molar-refractivity contribution is 7.99. The largest absolute Gasteiger partial charge is 0.486 e. The van der Waals surface area contributed by atoms with Crippen molar-refractivity contribution < 1.29 is 9.53 Å². The van der Waals surface area contributed by atoms with Crippen molar-refractivity contribution in [3.63, 3.8) is 0 Å². The van der Waals surface area contributed by atoms with Gasteiger partial charge in [-0.1, -0.05) is 78.0 Å². The number of rotatable bonds is 8. The molecule has 1 aliphatic heterocycles. The van der Waals surface area contributed by atoms with Gasteiger partial charge < -0.3 is 9.64 Å². The summed E-state index contributed by atoms with van der Waals surface area (Å²) in [5.41, 5.74) is 4.56. The molecule has 7 heteroatoms. The van der Waals surface area contributed by atoms with E-state index in [1.807, 2.05) is 77.1 Å². The summed E-state index contributed by atoms with van der Waals surface area (Å²) in [6.45, 7) is 5.06. The van der Waals surface area contributed by atoms with Crippen LogP contribution in [0.2, 0.25) is 0 Å². The molecule has 1 amide bonds. The Balaban J connectivity index is 1.33. The Kier molecular flexibility index (Phi) is 6.86. The molecule has 0 spiro atoms. The highest BCUT2D eigenvalue weighted by Gasteiger charge is 2.30. The summed E-state index contributed by atoms with van der Waals surface area (Å²) in [6.07, 6.45) is 0.886. The number of fused-ring (bicyclic) bond motifs is 1. The first-order chi connectivity index (χ1) is 17.1. The fourth-order valence-corrected chi connectivity index (χ4v) is 5.20. The lowest BCUT2D eigenvalue weighted by Gasteiger charge is -2.22. The molecule has 0 radical (unpaired) electrons. The van der Waals surface area contributed by atoms with Crippen LogP contribution in [-0.2, 0) is 24.4 Å². The Morgan fingerprint density at radius 2 is 1.74 bits per heavy atom. The monoisotopic (exact) mass is 484 g/mol.